The lowest BCUT2D eigenvalue weighted by molar-refractivity contribution is -0.143. The highest BCUT2D eigenvalue weighted by atomic mass is 16.5. The van der Waals surface area contributed by atoms with E-state index in [4.69, 9.17) is 4.74 Å². The van der Waals surface area contributed by atoms with E-state index in [0.29, 0.717) is 25.9 Å². The Morgan fingerprint density at radius 2 is 0.658 bits per heavy atom. The van der Waals surface area contributed by atoms with Crippen molar-refractivity contribution in [3.63, 3.8) is 0 Å². The molecule has 0 aliphatic carbocycles. The number of amides is 1. The Hall–Kier alpha value is -1.92. The first-order valence-electron chi connectivity index (χ1n) is 34.2. The number of carbonyl (C=O) groups excluding carboxylic acids is 2. The maximum atomic E-state index is 12.5. The first-order valence-corrected chi connectivity index (χ1v) is 34.2. The smallest absolute Gasteiger partial charge is 0.305 e. The Bertz CT molecular complexity index is 1230. The predicted molar refractivity (Wildman–Crippen MR) is 333 cm³/mol. The topological polar surface area (TPSA) is 95.9 Å². The Morgan fingerprint density at radius 1 is 0.368 bits per heavy atom. The van der Waals surface area contributed by atoms with E-state index in [1.807, 2.05) is 0 Å². The van der Waals surface area contributed by atoms with Gasteiger partial charge in [0.1, 0.15) is 0 Å². The predicted octanol–water partition coefficient (Wildman–Crippen LogP) is 21.9. The standard InChI is InChI=1S/C70H133NO5/c1-3-5-7-9-11-13-15-17-19-32-36-40-44-48-52-56-60-64-70(75)76-65-61-57-53-49-45-41-37-34-31-29-27-25-23-21-20-22-24-26-28-30-33-35-39-43-47-51-55-59-63-69(74)71-67(66-72)68(73)62-58-54-50-46-42-38-18-16-14-12-10-8-6-4-2/h11,13,17,19-21,67-68,72-73H,3-10,12,14-16,18,22-66H2,1-2H3,(H,71,74)/b13-11-,19-17-,21-20-. The average Bonchev–Trinajstić information content (AvgIpc) is 3.42. The molecule has 0 aliphatic heterocycles. The number of rotatable bonds is 64. The van der Waals surface area contributed by atoms with Crippen LogP contribution in [0.15, 0.2) is 36.5 Å². The number of ether oxygens (including phenoxy) is 1. The second kappa shape index (κ2) is 65.6. The van der Waals surface area contributed by atoms with Crippen molar-refractivity contribution in [2.24, 2.45) is 0 Å². The molecule has 0 aromatic carbocycles. The third-order valence-corrected chi connectivity index (χ3v) is 15.9. The fourth-order valence-electron chi connectivity index (χ4n) is 10.7. The summed E-state index contributed by atoms with van der Waals surface area (Å²) in [6.45, 7) is 4.95. The summed E-state index contributed by atoms with van der Waals surface area (Å²) in [5.41, 5.74) is 0. The van der Waals surface area contributed by atoms with Gasteiger partial charge in [-0.2, -0.15) is 0 Å². The van der Waals surface area contributed by atoms with E-state index in [2.05, 4.69) is 55.6 Å². The van der Waals surface area contributed by atoms with E-state index in [-0.39, 0.29) is 18.5 Å². The molecule has 0 aromatic rings. The quantitative estimate of drug-likeness (QED) is 0.0320. The van der Waals surface area contributed by atoms with Crippen LogP contribution in [0.2, 0.25) is 0 Å². The second-order valence-corrected chi connectivity index (χ2v) is 23.5. The summed E-state index contributed by atoms with van der Waals surface area (Å²) < 4.78 is 5.50. The molecule has 0 rings (SSSR count). The highest BCUT2D eigenvalue weighted by Crippen LogP contribution is 2.18. The first-order chi connectivity index (χ1) is 37.5. The number of allylic oxidation sites excluding steroid dienone is 6. The van der Waals surface area contributed by atoms with Crippen LogP contribution in [-0.4, -0.2) is 47.4 Å². The van der Waals surface area contributed by atoms with Gasteiger partial charge in [0.05, 0.1) is 25.4 Å². The summed E-state index contributed by atoms with van der Waals surface area (Å²) in [6.07, 6.45) is 83.2. The minimum Gasteiger partial charge on any atom is -0.466 e. The van der Waals surface area contributed by atoms with Gasteiger partial charge in [-0.25, -0.2) is 0 Å². The number of hydrogen-bond donors (Lipinski definition) is 3. The third-order valence-electron chi connectivity index (χ3n) is 15.9. The minimum absolute atomic E-state index is 0.00835. The molecular weight excluding hydrogens is 935 g/mol. The molecule has 0 saturated carbocycles. The van der Waals surface area contributed by atoms with Crippen molar-refractivity contribution in [2.45, 2.75) is 386 Å². The first kappa shape index (κ1) is 74.1. The summed E-state index contributed by atoms with van der Waals surface area (Å²) in [4.78, 5) is 24.6. The van der Waals surface area contributed by atoms with Crippen molar-refractivity contribution in [3.8, 4) is 0 Å². The van der Waals surface area contributed by atoms with Crippen molar-refractivity contribution in [3.05, 3.63) is 36.5 Å². The maximum Gasteiger partial charge on any atom is 0.305 e. The molecule has 1 amide bonds. The van der Waals surface area contributed by atoms with Crippen molar-refractivity contribution in [1.29, 1.82) is 0 Å². The molecule has 0 heterocycles. The van der Waals surface area contributed by atoms with Crippen LogP contribution in [-0.2, 0) is 14.3 Å². The van der Waals surface area contributed by atoms with Crippen LogP contribution in [0.3, 0.4) is 0 Å². The van der Waals surface area contributed by atoms with Crippen molar-refractivity contribution < 1.29 is 24.5 Å². The van der Waals surface area contributed by atoms with E-state index in [1.54, 1.807) is 0 Å². The highest BCUT2D eigenvalue weighted by Gasteiger charge is 2.20. The lowest BCUT2D eigenvalue weighted by atomic mass is 10.0. The van der Waals surface area contributed by atoms with E-state index in [1.165, 1.54) is 289 Å². The van der Waals surface area contributed by atoms with Gasteiger partial charge in [-0.05, 0) is 83.5 Å². The highest BCUT2D eigenvalue weighted by molar-refractivity contribution is 5.76. The van der Waals surface area contributed by atoms with Crippen molar-refractivity contribution in [1.82, 2.24) is 5.32 Å². The second-order valence-electron chi connectivity index (χ2n) is 23.5. The van der Waals surface area contributed by atoms with Crippen LogP contribution < -0.4 is 5.32 Å². The summed E-state index contributed by atoms with van der Waals surface area (Å²) in [7, 11) is 0. The Morgan fingerprint density at radius 3 is 1.04 bits per heavy atom. The molecule has 448 valence electrons. The van der Waals surface area contributed by atoms with Gasteiger partial charge in [0, 0.05) is 12.8 Å². The molecule has 2 atom stereocenters. The van der Waals surface area contributed by atoms with Crippen LogP contribution in [0.1, 0.15) is 373 Å². The molecule has 6 nitrogen and oxygen atoms in total. The zero-order valence-electron chi connectivity index (χ0n) is 51.3. The third kappa shape index (κ3) is 61.3. The molecule has 0 bridgehead atoms. The molecule has 0 aliphatic rings. The minimum atomic E-state index is -0.664. The molecule has 0 saturated heterocycles. The van der Waals surface area contributed by atoms with E-state index in [0.717, 1.165) is 51.4 Å². The van der Waals surface area contributed by atoms with Gasteiger partial charge in [-0.3, -0.25) is 9.59 Å². The summed E-state index contributed by atoms with van der Waals surface area (Å²) in [5.74, 6) is -0.0248. The molecule has 0 fully saturated rings. The Kier molecular flexibility index (Phi) is 63.9. The van der Waals surface area contributed by atoms with Crippen LogP contribution in [0.25, 0.3) is 0 Å². The zero-order chi connectivity index (χ0) is 55.0. The molecular formula is C70H133NO5. The molecule has 0 radical (unpaired) electrons. The molecule has 76 heavy (non-hydrogen) atoms. The molecule has 0 spiro atoms. The fraction of sp³-hybridized carbons (Fsp3) is 0.886. The fourth-order valence-corrected chi connectivity index (χ4v) is 10.7. The SMILES string of the molecule is CCCCC/C=C\C/C=C\CCCCCCCCCC(=O)OCCCCCCCCCCCCCC/C=C\CCCCCCCCCCCCCCC(=O)NC(CO)C(O)CCCCCCCCCCCCCCCC. The zero-order valence-corrected chi connectivity index (χ0v) is 51.3. The number of esters is 1. The van der Waals surface area contributed by atoms with E-state index >= 15 is 0 Å². The summed E-state index contributed by atoms with van der Waals surface area (Å²) >= 11 is 0. The van der Waals surface area contributed by atoms with Gasteiger partial charge in [-0.1, -0.05) is 314 Å². The maximum absolute atomic E-state index is 12.5. The van der Waals surface area contributed by atoms with Gasteiger partial charge >= 0.3 is 5.97 Å². The van der Waals surface area contributed by atoms with Gasteiger partial charge in [0.2, 0.25) is 5.91 Å². The number of unbranched alkanes of at least 4 members (excludes halogenated alkanes) is 47. The summed E-state index contributed by atoms with van der Waals surface area (Å²) in [6, 6.07) is -0.541. The van der Waals surface area contributed by atoms with Crippen LogP contribution in [0.5, 0.6) is 0 Å². The average molecular weight is 1070 g/mol. The molecule has 2 unspecified atom stereocenters. The van der Waals surface area contributed by atoms with Gasteiger partial charge in [0.25, 0.3) is 0 Å². The number of carbonyl (C=O) groups is 2. The van der Waals surface area contributed by atoms with Crippen molar-refractivity contribution >= 4 is 11.9 Å². The lowest BCUT2D eigenvalue weighted by Crippen LogP contribution is -2.45. The Labute approximate surface area is 474 Å². The normalized spacial score (nSPS) is 12.7. The summed E-state index contributed by atoms with van der Waals surface area (Å²) in [5, 5.41) is 23.3. The number of aliphatic hydroxyl groups is 2. The van der Waals surface area contributed by atoms with Gasteiger partial charge in [-0.15, -0.1) is 0 Å². The van der Waals surface area contributed by atoms with E-state index in [9.17, 15) is 19.8 Å². The lowest BCUT2D eigenvalue weighted by Gasteiger charge is -2.22. The van der Waals surface area contributed by atoms with E-state index < -0.39 is 12.1 Å². The van der Waals surface area contributed by atoms with Gasteiger partial charge in [0.15, 0.2) is 0 Å². The van der Waals surface area contributed by atoms with Crippen LogP contribution in [0.4, 0.5) is 0 Å². The number of nitrogens with one attached hydrogen (secondary N) is 1. The number of hydrogen-bond acceptors (Lipinski definition) is 5. The molecule has 6 heteroatoms. The van der Waals surface area contributed by atoms with Crippen LogP contribution >= 0.6 is 0 Å². The molecule has 3 N–H and O–H groups in total. The Balaban J connectivity index is 3.37. The molecule has 0 aromatic heterocycles. The largest absolute Gasteiger partial charge is 0.466 e. The van der Waals surface area contributed by atoms with Gasteiger partial charge < -0.3 is 20.3 Å². The monoisotopic (exact) mass is 1070 g/mol. The van der Waals surface area contributed by atoms with Crippen LogP contribution in [0, 0.1) is 0 Å². The van der Waals surface area contributed by atoms with Crippen molar-refractivity contribution in [2.75, 3.05) is 13.2 Å². The number of aliphatic hydroxyl groups excluding tert-OH is 2.